The highest BCUT2D eigenvalue weighted by Crippen LogP contribution is 2.57. The van der Waals surface area contributed by atoms with E-state index in [1.54, 1.807) is 6.92 Å². The van der Waals surface area contributed by atoms with Crippen LogP contribution >= 0.6 is 11.3 Å². The number of hydrogen-bond acceptors (Lipinski definition) is 10. The summed E-state index contributed by atoms with van der Waals surface area (Å²) in [5.74, 6) is -3.05. The second kappa shape index (κ2) is 8.90. The zero-order chi connectivity index (χ0) is 26.5. The summed E-state index contributed by atoms with van der Waals surface area (Å²) in [5.41, 5.74) is -0.800. The molecule has 0 fully saturated rings. The summed E-state index contributed by atoms with van der Waals surface area (Å²) in [6, 6.07) is 0. The van der Waals surface area contributed by atoms with Crippen LogP contribution in [0, 0.1) is 13.8 Å². The third-order valence-corrected chi connectivity index (χ3v) is 7.24. The fraction of sp³-hybridized carbons (Fsp3) is 0.320. The molecule has 0 radical (unpaired) electrons. The quantitative estimate of drug-likeness (QED) is 0.260. The number of allylic oxidation sites excluding steroid dienone is 4. The van der Waals surface area contributed by atoms with Gasteiger partial charge in [-0.05, 0) is 34.6 Å². The molecule has 2 aromatic rings. The molecule has 1 aromatic carbocycles. The lowest BCUT2D eigenvalue weighted by Crippen LogP contribution is -2.41. The summed E-state index contributed by atoms with van der Waals surface area (Å²) in [4.78, 5) is 55.3. The van der Waals surface area contributed by atoms with Crippen molar-refractivity contribution in [1.82, 2.24) is 10.3 Å². The highest BCUT2D eigenvalue weighted by Gasteiger charge is 2.56. The maximum atomic E-state index is 13.7. The lowest BCUT2D eigenvalue weighted by molar-refractivity contribution is -0.123. The number of phenolic OH excluding ortho intramolecular Hbond substituents is 2. The standard InChI is InChI=1S/C25H25N3O7S/c1-10-9-36-24(27-10)28-16(31)6-7-26-12(3)17-14(30)8-15-25(5,23(17)34)19-21(33)11(2)20(32)18(13(4)29)22(19)35-15/h8-9,26,32-33H,6-7H2,1-5H3,(H,27,28,31)/t25-/m0/s1. The smallest absolute Gasteiger partial charge is 0.227 e. The van der Waals surface area contributed by atoms with Gasteiger partial charge in [0.25, 0.3) is 0 Å². The number of fused-ring (bicyclic) bond motifs is 3. The van der Waals surface area contributed by atoms with Crippen molar-refractivity contribution in [2.75, 3.05) is 11.9 Å². The average Bonchev–Trinajstić information content (AvgIpc) is 3.32. The number of ether oxygens (including phenoxy) is 1. The summed E-state index contributed by atoms with van der Waals surface area (Å²) in [7, 11) is 0. The number of phenols is 2. The Hall–Kier alpha value is -3.99. The Morgan fingerprint density at radius 3 is 2.47 bits per heavy atom. The Bertz CT molecular complexity index is 1420. The van der Waals surface area contributed by atoms with E-state index < -0.39 is 28.5 Å². The van der Waals surface area contributed by atoms with Crippen molar-refractivity contribution in [3.8, 4) is 17.2 Å². The number of aromatic hydroxyl groups is 2. The Morgan fingerprint density at radius 1 is 1.17 bits per heavy atom. The lowest BCUT2D eigenvalue weighted by atomic mass is 9.70. The van der Waals surface area contributed by atoms with Crippen LogP contribution in [0.2, 0.25) is 0 Å². The van der Waals surface area contributed by atoms with E-state index in [4.69, 9.17) is 4.74 Å². The number of thiazole rings is 1. The fourth-order valence-electron chi connectivity index (χ4n) is 4.41. The number of hydrogen-bond donors (Lipinski definition) is 4. The summed E-state index contributed by atoms with van der Waals surface area (Å²) in [6.45, 7) is 7.67. The SMILES string of the molecule is CC(=O)c1c(O)c(C)c(O)c2c1OC1=CC(=O)C(=C(C)NCCC(=O)Nc3nc(C)cs3)C(=O)[C@@]12C. The first kappa shape index (κ1) is 25.1. The van der Waals surface area contributed by atoms with Gasteiger partial charge in [0, 0.05) is 35.7 Å². The number of nitrogens with one attached hydrogen (secondary N) is 2. The number of rotatable bonds is 6. The van der Waals surface area contributed by atoms with Gasteiger partial charge in [0.15, 0.2) is 22.5 Å². The zero-order valence-electron chi connectivity index (χ0n) is 20.4. The monoisotopic (exact) mass is 511 g/mol. The van der Waals surface area contributed by atoms with E-state index in [1.165, 1.54) is 32.1 Å². The van der Waals surface area contributed by atoms with Crippen molar-refractivity contribution in [2.24, 2.45) is 0 Å². The molecule has 0 bridgehead atoms. The Balaban J connectivity index is 1.63. The van der Waals surface area contributed by atoms with Gasteiger partial charge >= 0.3 is 0 Å². The van der Waals surface area contributed by atoms with Gasteiger partial charge in [-0.1, -0.05) is 0 Å². The molecule has 0 unspecified atom stereocenters. The summed E-state index contributed by atoms with van der Waals surface area (Å²) in [6.07, 6.45) is 1.21. The van der Waals surface area contributed by atoms with E-state index in [0.717, 1.165) is 11.8 Å². The third kappa shape index (κ3) is 3.85. The second-order valence-corrected chi connectivity index (χ2v) is 9.76. The number of amides is 1. The van der Waals surface area contributed by atoms with Gasteiger partial charge in [-0.3, -0.25) is 19.2 Å². The number of carbonyl (C=O) groups is 4. The van der Waals surface area contributed by atoms with Crippen LogP contribution in [0.3, 0.4) is 0 Å². The molecule has 1 atom stereocenters. The third-order valence-electron chi connectivity index (χ3n) is 6.37. The minimum atomic E-state index is -1.59. The molecule has 1 amide bonds. The van der Waals surface area contributed by atoms with Gasteiger partial charge in [0.1, 0.15) is 34.0 Å². The predicted molar refractivity (Wildman–Crippen MR) is 131 cm³/mol. The van der Waals surface area contributed by atoms with Gasteiger partial charge < -0.3 is 25.6 Å². The van der Waals surface area contributed by atoms with E-state index in [1.807, 2.05) is 12.3 Å². The normalized spacial score (nSPS) is 19.8. The number of carbonyl (C=O) groups excluding carboxylic acids is 4. The first-order valence-electron chi connectivity index (χ1n) is 11.1. The van der Waals surface area contributed by atoms with Crippen LogP contribution in [0.5, 0.6) is 17.2 Å². The molecule has 36 heavy (non-hydrogen) atoms. The number of ketones is 3. The van der Waals surface area contributed by atoms with E-state index >= 15 is 0 Å². The summed E-state index contributed by atoms with van der Waals surface area (Å²) in [5, 5.41) is 29.2. The number of anilines is 1. The summed E-state index contributed by atoms with van der Waals surface area (Å²) >= 11 is 1.31. The van der Waals surface area contributed by atoms with Crippen LogP contribution in [0.25, 0.3) is 0 Å². The molecule has 188 valence electrons. The van der Waals surface area contributed by atoms with Crippen LogP contribution < -0.4 is 15.4 Å². The molecule has 4 rings (SSSR count). The highest BCUT2D eigenvalue weighted by atomic mass is 32.1. The van der Waals surface area contributed by atoms with E-state index in [2.05, 4.69) is 15.6 Å². The molecule has 1 aliphatic heterocycles. The zero-order valence-corrected chi connectivity index (χ0v) is 21.2. The van der Waals surface area contributed by atoms with Gasteiger partial charge in [0.05, 0.1) is 16.8 Å². The molecule has 10 nitrogen and oxygen atoms in total. The minimum Gasteiger partial charge on any atom is -0.507 e. The summed E-state index contributed by atoms with van der Waals surface area (Å²) < 4.78 is 5.74. The van der Waals surface area contributed by atoms with Crippen LogP contribution in [0.1, 0.15) is 54.4 Å². The first-order valence-corrected chi connectivity index (χ1v) is 12.0. The fourth-order valence-corrected chi connectivity index (χ4v) is 5.11. The molecule has 0 saturated carbocycles. The average molecular weight is 512 g/mol. The Labute approximate surface area is 210 Å². The van der Waals surface area contributed by atoms with Gasteiger partial charge in [-0.2, -0.15) is 0 Å². The van der Waals surface area contributed by atoms with Crippen molar-refractivity contribution in [1.29, 1.82) is 0 Å². The molecule has 2 heterocycles. The largest absolute Gasteiger partial charge is 0.507 e. The van der Waals surface area contributed by atoms with Gasteiger partial charge in [-0.25, -0.2) is 4.98 Å². The van der Waals surface area contributed by atoms with E-state index in [-0.39, 0.29) is 64.1 Å². The van der Waals surface area contributed by atoms with Crippen molar-refractivity contribution >= 4 is 39.7 Å². The molecule has 0 spiro atoms. The molecule has 4 N–H and O–H groups in total. The second-order valence-electron chi connectivity index (χ2n) is 8.91. The molecule has 1 aliphatic carbocycles. The number of benzene rings is 1. The molecular formula is C25H25N3O7S. The molecular weight excluding hydrogens is 486 g/mol. The van der Waals surface area contributed by atoms with E-state index in [9.17, 15) is 29.4 Å². The Morgan fingerprint density at radius 2 is 1.86 bits per heavy atom. The maximum Gasteiger partial charge on any atom is 0.227 e. The molecule has 1 aromatic heterocycles. The van der Waals surface area contributed by atoms with Crippen molar-refractivity contribution in [3.05, 3.63) is 50.9 Å². The predicted octanol–water partition coefficient (Wildman–Crippen LogP) is 2.95. The van der Waals surface area contributed by atoms with Gasteiger partial charge in [0.2, 0.25) is 5.91 Å². The molecule has 2 aliphatic rings. The van der Waals surface area contributed by atoms with Gasteiger partial charge in [-0.15, -0.1) is 11.3 Å². The number of nitrogens with zero attached hydrogens (tertiary/aromatic N) is 1. The van der Waals surface area contributed by atoms with E-state index in [0.29, 0.717) is 5.13 Å². The van der Waals surface area contributed by atoms with Crippen molar-refractivity contribution < 1.29 is 34.1 Å². The lowest BCUT2D eigenvalue weighted by Gasteiger charge is -2.29. The first-order chi connectivity index (χ1) is 16.9. The maximum absolute atomic E-state index is 13.7. The van der Waals surface area contributed by atoms with Crippen LogP contribution in [-0.2, 0) is 19.8 Å². The highest BCUT2D eigenvalue weighted by molar-refractivity contribution is 7.13. The number of aryl methyl sites for hydroxylation is 1. The number of Topliss-reactive ketones (excluding diaryl/α,β-unsaturated/α-hetero) is 2. The topological polar surface area (TPSA) is 155 Å². The Kier molecular flexibility index (Phi) is 6.21. The van der Waals surface area contributed by atoms with Crippen molar-refractivity contribution in [3.63, 3.8) is 0 Å². The molecule has 0 saturated heterocycles. The molecule has 11 heteroatoms. The minimum absolute atomic E-state index is 0.0233. The van der Waals surface area contributed by atoms with Crippen molar-refractivity contribution in [2.45, 2.75) is 46.5 Å². The van der Waals surface area contributed by atoms with Crippen LogP contribution in [-0.4, -0.2) is 45.0 Å². The van der Waals surface area contributed by atoms with Crippen LogP contribution in [0.4, 0.5) is 5.13 Å². The van der Waals surface area contributed by atoms with Crippen LogP contribution in [0.15, 0.2) is 28.5 Å². The number of aromatic nitrogens is 1.